The molecule has 0 amide bonds. The summed E-state index contributed by atoms with van der Waals surface area (Å²) in [6.45, 7) is 18.5. The van der Waals surface area contributed by atoms with Gasteiger partial charge >= 0.3 is 0 Å². The standard InChI is InChI=1S/C40H69NO2S3/c1-9-11-13-15-17-19-20-22-24-26-28-32(27-25-23-21-18-16-14-12-10-2)31-41-33-29-35(39(3,4)5)44-37(33)38-34(46(41,42)43)30-36(45-38)40(6,7)8/h29-30,32H,9-28,31H2,1-8H3. The molecule has 2 aromatic rings. The second kappa shape index (κ2) is 18.8. The third-order valence-corrected chi connectivity index (χ3v) is 15.0. The summed E-state index contributed by atoms with van der Waals surface area (Å²) in [5.74, 6) is 0.400. The normalized spacial score (nSPS) is 15.3. The fraction of sp³-hybridized carbons (Fsp3) is 0.800. The summed E-state index contributed by atoms with van der Waals surface area (Å²) in [5, 5.41) is 0. The lowest BCUT2D eigenvalue weighted by molar-refractivity contribution is 0.409. The number of rotatable bonds is 22. The number of anilines is 1. The quantitative estimate of drug-likeness (QED) is 0.115. The Morgan fingerprint density at radius 3 is 1.41 bits per heavy atom. The smallest absolute Gasteiger partial charge is 0.264 e. The molecule has 3 nitrogen and oxygen atoms in total. The van der Waals surface area contributed by atoms with Gasteiger partial charge in [-0.25, -0.2) is 8.42 Å². The summed E-state index contributed by atoms with van der Waals surface area (Å²) in [7, 11) is -3.61. The van der Waals surface area contributed by atoms with Crippen molar-refractivity contribution in [3.05, 3.63) is 21.9 Å². The van der Waals surface area contributed by atoms with Gasteiger partial charge in [0.05, 0.1) is 15.4 Å². The van der Waals surface area contributed by atoms with Crippen LogP contribution in [0, 0.1) is 5.92 Å². The molecule has 1 atom stereocenters. The molecule has 0 radical (unpaired) electrons. The fourth-order valence-corrected chi connectivity index (χ4v) is 11.5. The van der Waals surface area contributed by atoms with E-state index in [1.165, 1.54) is 125 Å². The summed E-state index contributed by atoms with van der Waals surface area (Å²) in [5.41, 5.74) is 0.837. The van der Waals surface area contributed by atoms with Gasteiger partial charge in [-0.15, -0.1) is 22.7 Å². The molecule has 1 aliphatic rings. The maximum atomic E-state index is 14.5. The molecule has 1 aliphatic heterocycles. The van der Waals surface area contributed by atoms with Crippen molar-refractivity contribution in [3.63, 3.8) is 0 Å². The van der Waals surface area contributed by atoms with E-state index in [-0.39, 0.29) is 10.8 Å². The molecular formula is C40H69NO2S3. The number of thiophene rings is 2. The number of hydrogen-bond acceptors (Lipinski definition) is 4. The largest absolute Gasteiger partial charge is 0.265 e. The second-order valence-electron chi connectivity index (χ2n) is 16.3. The van der Waals surface area contributed by atoms with E-state index in [0.29, 0.717) is 17.4 Å². The average Bonchev–Trinajstić information content (AvgIpc) is 3.63. The molecule has 3 heterocycles. The first-order valence-corrected chi connectivity index (χ1v) is 22.2. The van der Waals surface area contributed by atoms with Crippen LogP contribution < -0.4 is 4.31 Å². The molecule has 0 N–H and O–H groups in total. The monoisotopic (exact) mass is 691 g/mol. The lowest BCUT2D eigenvalue weighted by Gasteiger charge is -2.32. The number of unbranched alkanes of at least 4 members (excludes halogenated alkanes) is 16. The number of hydrogen-bond donors (Lipinski definition) is 0. The van der Waals surface area contributed by atoms with Crippen molar-refractivity contribution in [1.29, 1.82) is 0 Å². The zero-order valence-electron chi connectivity index (χ0n) is 31.1. The third kappa shape index (κ3) is 11.6. The summed E-state index contributed by atoms with van der Waals surface area (Å²) < 4.78 is 30.8. The van der Waals surface area contributed by atoms with Gasteiger partial charge in [-0.2, -0.15) is 0 Å². The maximum Gasteiger partial charge on any atom is 0.265 e. The van der Waals surface area contributed by atoms with E-state index >= 15 is 0 Å². The van der Waals surface area contributed by atoms with Crippen molar-refractivity contribution in [2.45, 2.75) is 200 Å². The van der Waals surface area contributed by atoms with E-state index in [1.54, 1.807) is 11.3 Å². The lowest BCUT2D eigenvalue weighted by atomic mass is 9.93. The zero-order chi connectivity index (χ0) is 33.8. The van der Waals surface area contributed by atoms with Crippen molar-refractivity contribution < 1.29 is 8.42 Å². The average molecular weight is 692 g/mol. The van der Waals surface area contributed by atoms with Gasteiger partial charge in [0.15, 0.2) is 0 Å². The second-order valence-corrected chi connectivity index (χ2v) is 20.2. The van der Waals surface area contributed by atoms with Crippen LogP contribution in [0.3, 0.4) is 0 Å². The van der Waals surface area contributed by atoms with E-state index in [0.717, 1.165) is 28.3 Å². The van der Waals surface area contributed by atoms with Crippen LogP contribution in [-0.4, -0.2) is 15.0 Å². The Hall–Kier alpha value is -0.850. The number of sulfonamides is 1. The number of fused-ring (bicyclic) bond motifs is 3. The van der Waals surface area contributed by atoms with Crippen LogP contribution in [-0.2, 0) is 20.9 Å². The van der Waals surface area contributed by atoms with Crippen LogP contribution in [0.4, 0.5) is 5.69 Å². The van der Waals surface area contributed by atoms with Crippen LogP contribution in [0.15, 0.2) is 17.0 Å². The highest BCUT2D eigenvalue weighted by Gasteiger charge is 2.41. The summed E-state index contributed by atoms with van der Waals surface area (Å²) in [6, 6.07) is 4.21. The molecule has 0 fully saturated rings. The van der Waals surface area contributed by atoms with Gasteiger partial charge in [0, 0.05) is 16.3 Å². The maximum absolute atomic E-state index is 14.5. The molecular weight excluding hydrogens is 623 g/mol. The van der Waals surface area contributed by atoms with Crippen molar-refractivity contribution in [2.24, 2.45) is 5.92 Å². The fourth-order valence-electron chi connectivity index (χ4n) is 6.69. The lowest BCUT2D eigenvalue weighted by Crippen LogP contribution is -2.37. The van der Waals surface area contributed by atoms with E-state index in [1.807, 2.05) is 21.7 Å². The minimum absolute atomic E-state index is 0.0196. The van der Waals surface area contributed by atoms with E-state index in [2.05, 4.69) is 61.5 Å². The Kier molecular flexibility index (Phi) is 16.2. The molecule has 46 heavy (non-hydrogen) atoms. The molecule has 3 rings (SSSR count). The summed E-state index contributed by atoms with van der Waals surface area (Å²) in [4.78, 5) is 5.10. The van der Waals surface area contributed by atoms with Gasteiger partial charge < -0.3 is 0 Å². The molecule has 264 valence electrons. The van der Waals surface area contributed by atoms with Crippen molar-refractivity contribution >= 4 is 38.4 Å². The van der Waals surface area contributed by atoms with E-state index in [4.69, 9.17) is 0 Å². The predicted molar refractivity (Wildman–Crippen MR) is 207 cm³/mol. The van der Waals surface area contributed by atoms with E-state index < -0.39 is 10.0 Å². The zero-order valence-corrected chi connectivity index (χ0v) is 33.5. The predicted octanol–water partition coefficient (Wildman–Crippen LogP) is 14.0. The van der Waals surface area contributed by atoms with Gasteiger partial charge in [-0.3, -0.25) is 4.31 Å². The van der Waals surface area contributed by atoms with Gasteiger partial charge in [-0.1, -0.05) is 171 Å². The Bertz CT molecular complexity index is 1260. The molecule has 0 spiro atoms. The first kappa shape index (κ1) is 39.6. The number of nitrogens with zero attached hydrogens (tertiary/aromatic N) is 1. The van der Waals surface area contributed by atoms with Crippen molar-refractivity contribution in [3.8, 4) is 9.75 Å². The van der Waals surface area contributed by atoms with Crippen molar-refractivity contribution in [1.82, 2.24) is 0 Å². The Morgan fingerprint density at radius 2 is 0.978 bits per heavy atom. The molecule has 0 saturated heterocycles. The molecule has 2 aromatic heterocycles. The molecule has 0 saturated carbocycles. The van der Waals surface area contributed by atoms with Crippen LogP contribution in [0.5, 0.6) is 0 Å². The minimum atomic E-state index is -3.61. The first-order valence-electron chi connectivity index (χ1n) is 19.1. The Morgan fingerprint density at radius 1 is 0.587 bits per heavy atom. The molecule has 0 bridgehead atoms. The highest BCUT2D eigenvalue weighted by molar-refractivity contribution is 7.93. The SMILES string of the molecule is CCCCCCCCCCCCC(CCCCCCCCCC)CN1c2cc(C(C)(C)C)sc2-c2sc(C(C)(C)C)cc2S1(=O)=O. The van der Waals surface area contributed by atoms with Crippen LogP contribution >= 0.6 is 22.7 Å². The highest BCUT2D eigenvalue weighted by Crippen LogP contribution is 2.54. The topological polar surface area (TPSA) is 37.4 Å². The Labute approximate surface area is 293 Å². The summed E-state index contributed by atoms with van der Waals surface area (Å²) >= 11 is 3.50. The Balaban J connectivity index is 1.74. The highest BCUT2D eigenvalue weighted by atomic mass is 32.2. The van der Waals surface area contributed by atoms with Gasteiger partial charge in [0.1, 0.15) is 4.90 Å². The molecule has 0 aromatic carbocycles. The van der Waals surface area contributed by atoms with Crippen LogP contribution in [0.25, 0.3) is 9.75 Å². The molecule has 0 aliphatic carbocycles. The van der Waals surface area contributed by atoms with Crippen LogP contribution in [0.2, 0.25) is 0 Å². The minimum Gasteiger partial charge on any atom is -0.264 e. The molecule has 6 heteroatoms. The first-order chi connectivity index (χ1) is 21.8. The molecule has 1 unspecified atom stereocenters. The van der Waals surface area contributed by atoms with Gasteiger partial charge in [-0.05, 0) is 41.7 Å². The van der Waals surface area contributed by atoms with Gasteiger partial charge in [0.2, 0.25) is 0 Å². The third-order valence-electron chi connectivity index (χ3n) is 9.79. The summed E-state index contributed by atoms with van der Waals surface area (Å²) in [6.07, 6.45) is 26.2. The van der Waals surface area contributed by atoms with Crippen molar-refractivity contribution in [2.75, 3.05) is 10.8 Å². The van der Waals surface area contributed by atoms with Gasteiger partial charge in [0.25, 0.3) is 10.0 Å². The van der Waals surface area contributed by atoms with Crippen LogP contribution in [0.1, 0.15) is 194 Å². The van der Waals surface area contributed by atoms with E-state index in [9.17, 15) is 8.42 Å².